The Hall–Kier alpha value is -0.870. The molecule has 1 heterocycles. The number of amides is 1. The van der Waals surface area contributed by atoms with Crippen LogP contribution in [0.3, 0.4) is 0 Å². The molecule has 17 heavy (non-hydrogen) atoms. The van der Waals surface area contributed by atoms with E-state index in [0.29, 0.717) is 6.54 Å². The monoisotopic (exact) mass is 254 g/mol. The van der Waals surface area contributed by atoms with E-state index in [9.17, 15) is 4.79 Å². The molecule has 0 aliphatic rings. The first-order valence-corrected chi connectivity index (χ1v) is 6.95. The Balaban J connectivity index is 2.37. The van der Waals surface area contributed by atoms with Crippen LogP contribution in [0.4, 0.5) is 0 Å². The molecule has 0 aliphatic heterocycles. The molecule has 1 atom stereocenters. The Kier molecular flexibility index (Phi) is 5.65. The molecule has 4 heteroatoms. The minimum atomic E-state index is -0.364. The van der Waals surface area contributed by atoms with Gasteiger partial charge in [-0.15, -0.1) is 11.3 Å². The van der Waals surface area contributed by atoms with Gasteiger partial charge in [0.25, 0.3) is 0 Å². The zero-order valence-corrected chi connectivity index (χ0v) is 11.7. The van der Waals surface area contributed by atoms with Gasteiger partial charge in [-0.25, -0.2) is 0 Å². The summed E-state index contributed by atoms with van der Waals surface area (Å²) in [5.74, 6) is -0.0397. The molecule has 1 aromatic heterocycles. The molecule has 3 N–H and O–H groups in total. The zero-order valence-electron chi connectivity index (χ0n) is 10.9. The van der Waals surface area contributed by atoms with E-state index in [4.69, 9.17) is 5.73 Å². The highest BCUT2D eigenvalue weighted by Gasteiger charge is 2.12. The first kappa shape index (κ1) is 14.2. The maximum Gasteiger partial charge on any atom is 0.237 e. The summed E-state index contributed by atoms with van der Waals surface area (Å²) in [5.41, 5.74) is 7.08. The van der Waals surface area contributed by atoms with Gasteiger partial charge < -0.3 is 11.1 Å². The topological polar surface area (TPSA) is 55.1 Å². The third-order valence-electron chi connectivity index (χ3n) is 2.86. The number of hydrogen-bond acceptors (Lipinski definition) is 3. The van der Waals surface area contributed by atoms with Crippen molar-refractivity contribution in [2.75, 3.05) is 0 Å². The molecule has 0 spiro atoms. The van der Waals surface area contributed by atoms with Gasteiger partial charge in [-0.3, -0.25) is 4.79 Å². The lowest BCUT2D eigenvalue weighted by Crippen LogP contribution is -2.40. The van der Waals surface area contributed by atoms with Gasteiger partial charge in [0.15, 0.2) is 0 Å². The number of nitrogens with two attached hydrogens (primary N) is 1. The SMILES string of the molecule is CCCC[C@H](N)C(=O)NCc1cc(C)c(C)s1. The van der Waals surface area contributed by atoms with E-state index in [1.165, 1.54) is 15.3 Å². The summed E-state index contributed by atoms with van der Waals surface area (Å²) in [5, 5.41) is 2.89. The minimum Gasteiger partial charge on any atom is -0.350 e. The molecule has 0 unspecified atom stereocenters. The molecule has 96 valence electrons. The second-order valence-corrected chi connectivity index (χ2v) is 5.76. The quantitative estimate of drug-likeness (QED) is 0.819. The molecule has 1 aromatic rings. The maximum atomic E-state index is 11.7. The van der Waals surface area contributed by atoms with E-state index in [-0.39, 0.29) is 11.9 Å². The van der Waals surface area contributed by atoms with Gasteiger partial charge >= 0.3 is 0 Å². The van der Waals surface area contributed by atoms with Crippen LogP contribution in [0.5, 0.6) is 0 Å². The Bertz CT molecular complexity index is 354. The van der Waals surface area contributed by atoms with Gasteiger partial charge in [-0.05, 0) is 31.9 Å². The number of unbranched alkanes of at least 4 members (excludes halogenated alkanes) is 1. The number of carbonyl (C=O) groups is 1. The molecule has 0 bridgehead atoms. The van der Waals surface area contributed by atoms with Gasteiger partial charge in [0, 0.05) is 9.75 Å². The predicted octanol–water partition coefficient (Wildman–Crippen LogP) is 2.50. The van der Waals surface area contributed by atoms with Gasteiger partial charge in [-0.2, -0.15) is 0 Å². The van der Waals surface area contributed by atoms with Crippen LogP contribution < -0.4 is 11.1 Å². The van der Waals surface area contributed by atoms with Crippen molar-refractivity contribution < 1.29 is 4.79 Å². The fourth-order valence-electron chi connectivity index (χ4n) is 1.60. The van der Waals surface area contributed by atoms with Crippen molar-refractivity contribution >= 4 is 17.2 Å². The van der Waals surface area contributed by atoms with Gasteiger partial charge in [-0.1, -0.05) is 19.8 Å². The lowest BCUT2D eigenvalue weighted by atomic mass is 10.1. The van der Waals surface area contributed by atoms with Gasteiger partial charge in [0.05, 0.1) is 12.6 Å². The van der Waals surface area contributed by atoms with Gasteiger partial charge in [0.2, 0.25) is 5.91 Å². The molecular formula is C13H22N2OS. The van der Waals surface area contributed by atoms with Gasteiger partial charge in [0.1, 0.15) is 0 Å². The van der Waals surface area contributed by atoms with E-state index >= 15 is 0 Å². The lowest BCUT2D eigenvalue weighted by molar-refractivity contribution is -0.122. The first-order valence-electron chi connectivity index (χ1n) is 6.13. The fourth-order valence-corrected chi connectivity index (χ4v) is 2.59. The van der Waals surface area contributed by atoms with Crippen LogP contribution in [-0.4, -0.2) is 11.9 Å². The van der Waals surface area contributed by atoms with Crippen LogP contribution in [0, 0.1) is 13.8 Å². The molecular weight excluding hydrogens is 232 g/mol. The third-order valence-corrected chi connectivity index (χ3v) is 4.01. The molecule has 3 nitrogen and oxygen atoms in total. The van der Waals surface area contributed by atoms with Crippen LogP contribution in [0.25, 0.3) is 0 Å². The van der Waals surface area contributed by atoms with E-state index < -0.39 is 0 Å². The molecule has 0 saturated carbocycles. The first-order chi connectivity index (χ1) is 8.04. The van der Waals surface area contributed by atoms with E-state index in [1.54, 1.807) is 11.3 Å². The second kappa shape index (κ2) is 6.77. The normalized spacial score (nSPS) is 12.5. The Morgan fingerprint density at radius 1 is 1.53 bits per heavy atom. The standard InChI is InChI=1S/C13H22N2OS/c1-4-5-6-12(14)13(16)15-8-11-7-9(2)10(3)17-11/h7,12H,4-6,8,14H2,1-3H3,(H,15,16)/t12-/m0/s1. The third kappa shape index (κ3) is 4.48. The number of carbonyl (C=O) groups excluding carboxylic acids is 1. The van der Waals surface area contributed by atoms with Crippen molar-refractivity contribution in [3.05, 3.63) is 21.4 Å². The molecule has 0 aromatic carbocycles. The molecule has 1 amide bonds. The highest BCUT2D eigenvalue weighted by molar-refractivity contribution is 7.12. The molecule has 1 rings (SSSR count). The second-order valence-electron chi connectivity index (χ2n) is 4.42. The average molecular weight is 254 g/mol. The lowest BCUT2D eigenvalue weighted by Gasteiger charge is -2.10. The van der Waals surface area contributed by atoms with E-state index in [0.717, 1.165) is 19.3 Å². The van der Waals surface area contributed by atoms with Crippen molar-refractivity contribution in [3.63, 3.8) is 0 Å². The summed E-state index contributed by atoms with van der Waals surface area (Å²) >= 11 is 1.73. The van der Waals surface area contributed by atoms with Crippen molar-refractivity contribution in [1.29, 1.82) is 0 Å². The summed E-state index contributed by atoms with van der Waals surface area (Å²) < 4.78 is 0. The Morgan fingerprint density at radius 3 is 2.76 bits per heavy atom. The predicted molar refractivity (Wildman–Crippen MR) is 73.1 cm³/mol. The summed E-state index contributed by atoms with van der Waals surface area (Å²) in [6.07, 6.45) is 2.85. The number of thiophene rings is 1. The van der Waals surface area contributed by atoms with E-state index in [2.05, 4.69) is 32.2 Å². The molecule has 0 radical (unpaired) electrons. The van der Waals surface area contributed by atoms with E-state index in [1.807, 2.05) is 0 Å². The van der Waals surface area contributed by atoms with Crippen molar-refractivity contribution in [2.45, 2.75) is 52.6 Å². The number of hydrogen-bond donors (Lipinski definition) is 2. The van der Waals surface area contributed by atoms with Crippen LogP contribution >= 0.6 is 11.3 Å². The zero-order chi connectivity index (χ0) is 12.8. The highest BCUT2D eigenvalue weighted by atomic mass is 32.1. The summed E-state index contributed by atoms with van der Waals surface area (Å²) in [6, 6.07) is 1.76. The van der Waals surface area contributed by atoms with Crippen LogP contribution in [-0.2, 0) is 11.3 Å². The Labute approximate surface area is 107 Å². The number of aryl methyl sites for hydroxylation is 2. The van der Waals surface area contributed by atoms with Crippen molar-refractivity contribution in [2.24, 2.45) is 5.73 Å². The number of rotatable bonds is 6. The van der Waals surface area contributed by atoms with Crippen molar-refractivity contribution in [3.8, 4) is 0 Å². The van der Waals surface area contributed by atoms with Crippen LogP contribution in [0.2, 0.25) is 0 Å². The Morgan fingerprint density at radius 2 is 2.24 bits per heavy atom. The summed E-state index contributed by atoms with van der Waals surface area (Å²) in [4.78, 5) is 14.2. The minimum absolute atomic E-state index is 0.0397. The smallest absolute Gasteiger partial charge is 0.237 e. The fraction of sp³-hybridized carbons (Fsp3) is 0.615. The molecule has 0 saturated heterocycles. The maximum absolute atomic E-state index is 11.7. The highest BCUT2D eigenvalue weighted by Crippen LogP contribution is 2.20. The average Bonchev–Trinajstić information content (AvgIpc) is 2.62. The molecule has 0 aliphatic carbocycles. The largest absolute Gasteiger partial charge is 0.350 e. The van der Waals surface area contributed by atoms with Crippen LogP contribution in [0.15, 0.2) is 6.07 Å². The summed E-state index contributed by atoms with van der Waals surface area (Å²) in [7, 11) is 0. The van der Waals surface area contributed by atoms with Crippen LogP contribution in [0.1, 0.15) is 41.5 Å². The number of nitrogens with one attached hydrogen (secondary N) is 1. The summed E-state index contributed by atoms with van der Waals surface area (Å²) in [6.45, 7) is 6.88. The van der Waals surface area contributed by atoms with Crippen molar-refractivity contribution in [1.82, 2.24) is 5.32 Å². The molecule has 0 fully saturated rings.